The molecule has 4 nitrogen and oxygen atoms in total. The maximum atomic E-state index is 12.8. The second-order valence-electron chi connectivity index (χ2n) is 6.93. The number of aryl methyl sites for hydroxylation is 2. The average molecular weight is 315 g/mol. The van der Waals surface area contributed by atoms with Gasteiger partial charge < -0.3 is 14.4 Å². The van der Waals surface area contributed by atoms with Crippen molar-refractivity contribution >= 4 is 5.91 Å². The van der Waals surface area contributed by atoms with Crippen LogP contribution in [0.5, 0.6) is 0 Å². The smallest absolute Gasteiger partial charge is 0.253 e. The zero-order valence-electron chi connectivity index (χ0n) is 13.6. The quantitative estimate of drug-likeness (QED) is 0.842. The molecule has 2 saturated heterocycles. The van der Waals surface area contributed by atoms with Crippen LogP contribution in [0.25, 0.3) is 0 Å². The average Bonchev–Trinajstić information content (AvgIpc) is 3.15. The van der Waals surface area contributed by atoms with E-state index in [1.807, 2.05) is 11.0 Å². The monoisotopic (exact) mass is 315 g/mol. The van der Waals surface area contributed by atoms with Crippen LogP contribution in [0.15, 0.2) is 18.2 Å². The van der Waals surface area contributed by atoms with Gasteiger partial charge in [0.25, 0.3) is 5.91 Å². The molecule has 2 fully saturated rings. The number of amides is 1. The Labute approximate surface area is 137 Å². The molecule has 3 aliphatic rings. The predicted octanol–water partition coefficient (Wildman–Crippen LogP) is 2.79. The van der Waals surface area contributed by atoms with Crippen molar-refractivity contribution in [1.82, 2.24) is 4.90 Å². The Morgan fingerprint density at radius 3 is 2.43 bits per heavy atom. The summed E-state index contributed by atoms with van der Waals surface area (Å²) in [7, 11) is 0. The van der Waals surface area contributed by atoms with E-state index < -0.39 is 0 Å². The number of fused-ring (bicyclic) bond motifs is 1. The zero-order chi connectivity index (χ0) is 15.6. The fourth-order valence-corrected chi connectivity index (χ4v) is 4.07. The number of rotatable bonds is 2. The lowest BCUT2D eigenvalue weighted by molar-refractivity contribution is -0.0956. The fraction of sp³-hybridized carbons (Fsp3) is 0.632. The first-order valence-electron chi connectivity index (χ1n) is 8.95. The molecule has 23 heavy (non-hydrogen) atoms. The van der Waals surface area contributed by atoms with Crippen LogP contribution in [0, 0.1) is 5.92 Å². The topological polar surface area (TPSA) is 38.8 Å². The van der Waals surface area contributed by atoms with Gasteiger partial charge >= 0.3 is 0 Å². The highest BCUT2D eigenvalue weighted by molar-refractivity contribution is 5.94. The Morgan fingerprint density at radius 2 is 1.70 bits per heavy atom. The van der Waals surface area contributed by atoms with Crippen molar-refractivity contribution in [3.63, 3.8) is 0 Å². The van der Waals surface area contributed by atoms with E-state index >= 15 is 0 Å². The summed E-state index contributed by atoms with van der Waals surface area (Å²) < 4.78 is 11.2. The molecule has 0 N–H and O–H groups in total. The van der Waals surface area contributed by atoms with Crippen molar-refractivity contribution in [2.45, 2.75) is 44.8 Å². The van der Waals surface area contributed by atoms with Crippen LogP contribution in [0.4, 0.5) is 0 Å². The van der Waals surface area contributed by atoms with Gasteiger partial charge in [-0.3, -0.25) is 4.79 Å². The standard InChI is InChI=1S/C19H25NO3/c21-18(17-6-5-14-3-1-2-4-16(14)13-17)20-9-7-15(8-10-20)19-22-11-12-23-19/h5-6,13,15,19H,1-4,7-12H2. The lowest BCUT2D eigenvalue weighted by Crippen LogP contribution is -2.41. The molecule has 4 rings (SSSR count). The van der Waals surface area contributed by atoms with Crippen LogP contribution in [0.1, 0.15) is 47.2 Å². The van der Waals surface area contributed by atoms with Crippen molar-refractivity contribution in [1.29, 1.82) is 0 Å². The van der Waals surface area contributed by atoms with Crippen molar-refractivity contribution in [3.8, 4) is 0 Å². The van der Waals surface area contributed by atoms with E-state index in [0.717, 1.165) is 44.3 Å². The van der Waals surface area contributed by atoms with Gasteiger partial charge in [-0.25, -0.2) is 0 Å². The van der Waals surface area contributed by atoms with E-state index in [-0.39, 0.29) is 12.2 Å². The van der Waals surface area contributed by atoms with Gasteiger partial charge in [0.05, 0.1) is 13.2 Å². The van der Waals surface area contributed by atoms with Crippen molar-refractivity contribution in [3.05, 3.63) is 34.9 Å². The molecule has 2 aliphatic heterocycles. The lowest BCUT2D eigenvalue weighted by atomic mass is 9.90. The Morgan fingerprint density at radius 1 is 1.00 bits per heavy atom. The first-order valence-corrected chi connectivity index (χ1v) is 8.95. The van der Waals surface area contributed by atoms with E-state index in [4.69, 9.17) is 9.47 Å². The summed E-state index contributed by atoms with van der Waals surface area (Å²) in [6.45, 7) is 3.03. The number of carbonyl (C=O) groups excluding carboxylic acids is 1. The van der Waals surface area contributed by atoms with Gasteiger partial charge in [-0.1, -0.05) is 6.07 Å². The predicted molar refractivity (Wildman–Crippen MR) is 87.4 cm³/mol. The summed E-state index contributed by atoms with van der Waals surface area (Å²) in [5.74, 6) is 0.621. The number of hydrogen-bond acceptors (Lipinski definition) is 3. The van der Waals surface area contributed by atoms with Gasteiger partial charge in [0, 0.05) is 24.6 Å². The maximum Gasteiger partial charge on any atom is 0.253 e. The molecule has 0 bridgehead atoms. The molecule has 0 saturated carbocycles. The number of piperidine rings is 1. The van der Waals surface area contributed by atoms with Crippen molar-refractivity contribution in [2.75, 3.05) is 26.3 Å². The maximum absolute atomic E-state index is 12.8. The third-order valence-corrected chi connectivity index (χ3v) is 5.45. The number of likely N-dealkylation sites (tertiary alicyclic amines) is 1. The van der Waals surface area contributed by atoms with Gasteiger partial charge in [0.2, 0.25) is 0 Å². The molecule has 2 heterocycles. The zero-order valence-corrected chi connectivity index (χ0v) is 13.6. The number of nitrogens with zero attached hydrogens (tertiary/aromatic N) is 1. The molecule has 0 aromatic heterocycles. The molecule has 0 atom stereocenters. The highest BCUT2D eigenvalue weighted by Gasteiger charge is 2.32. The van der Waals surface area contributed by atoms with Crippen LogP contribution in [0.3, 0.4) is 0 Å². The van der Waals surface area contributed by atoms with Gasteiger partial charge in [-0.2, -0.15) is 0 Å². The third kappa shape index (κ3) is 3.15. The van der Waals surface area contributed by atoms with Gasteiger partial charge in [0.1, 0.15) is 0 Å². The lowest BCUT2D eigenvalue weighted by Gasteiger charge is -2.34. The van der Waals surface area contributed by atoms with E-state index in [9.17, 15) is 4.79 Å². The normalized spacial score (nSPS) is 23.0. The highest BCUT2D eigenvalue weighted by Crippen LogP contribution is 2.27. The number of ether oxygens (including phenoxy) is 2. The molecule has 1 aliphatic carbocycles. The van der Waals surface area contributed by atoms with Gasteiger partial charge in [-0.05, 0) is 61.8 Å². The van der Waals surface area contributed by atoms with Gasteiger partial charge in [-0.15, -0.1) is 0 Å². The summed E-state index contributed by atoms with van der Waals surface area (Å²) in [4.78, 5) is 14.8. The number of carbonyl (C=O) groups is 1. The second kappa shape index (κ2) is 6.62. The van der Waals surface area contributed by atoms with E-state index in [2.05, 4.69) is 12.1 Å². The molecular formula is C19H25NO3. The summed E-state index contributed by atoms with van der Waals surface area (Å²) >= 11 is 0. The Hall–Kier alpha value is -1.39. The van der Waals surface area contributed by atoms with Crippen LogP contribution in [0.2, 0.25) is 0 Å². The molecule has 0 spiro atoms. The van der Waals surface area contributed by atoms with E-state index in [0.29, 0.717) is 19.1 Å². The largest absolute Gasteiger partial charge is 0.350 e. The summed E-state index contributed by atoms with van der Waals surface area (Å²) in [5, 5.41) is 0. The second-order valence-corrected chi connectivity index (χ2v) is 6.93. The molecule has 0 radical (unpaired) electrons. The minimum atomic E-state index is -0.0454. The summed E-state index contributed by atoms with van der Waals surface area (Å²) in [6, 6.07) is 6.31. The third-order valence-electron chi connectivity index (χ3n) is 5.45. The first kappa shape index (κ1) is 15.2. The Kier molecular flexibility index (Phi) is 4.36. The number of hydrogen-bond donors (Lipinski definition) is 0. The molecule has 1 aromatic rings. The van der Waals surface area contributed by atoms with Crippen LogP contribution in [-0.4, -0.2) is 43.4 Å². The van der Waals surface area contributed by atoms with Gasteiger partial charge in [0.15, 0.2) is 6.29 Å². The Bertz CT molecular complexity index is 572. The molecule has 0 unspecified atom stereocenters. The highest BCUT2D eigenvalue weighted by atomic mass is 16.7. The minimum absolute atomic E-state index is 0.0454. The summed E-state index contributed by atoms with van der Waals surface area (Å²) in [5.41, 5.74) is 3.67. The Balaban J connectivity index is 1.40. The fourth-order valence-electron chi connectivity index (χ4n) is 4.07. The first-order chi connectivity index (χ1) is 11.3. The SMILES string of the molecule is O=C(c1ccc2c(c1)CCCC2)N1CCC(C2OCCO2)CC1. The van der Waals surface area contributed by atoms with Crippen LogP contribution < -0.4 is 0 Å². The van der Waals surface area contributed by atoms with Crippen LogP contribution in [-0.2, 0) is 22.3 Å². The molecule has 124 valence electrons. The molecule has 4 heteroatoms. The molecular weight excluding hydrogens is 290 g/mol. The summed E-state index contributed by atoms with van der Waals surface area (Å²) in [6.07, 6.45) is 6.71. The minimum Gasteiger partial charge on any atom is -0.350 e. The molecule has 1 aromatic carbocycles. The van der Waals surface area contributed by atoms with Crippen LogP contribution >= 0.6 is 0 Å². The van der Waals surface area contributed by atoms with Crippen molar-refractivity contribution < 1.29 is 14.3 Å². The number of benzene rings is 1. The van der Waals surface area contributed by atoms with E-state index in [1.165, 1.54) is 24.0 Å². The van der Waals surface area contributed by atoms with Crippen molar-refractivity contribution in [2.24, 2.45) is 5.92 Å². The van der Waals surface area contributed by atoms with E-state index in [1.54, 1.807) is 0 Å². The molecule has 1 amide bonds.